The molecule has 470 valence electrons. The van der Waals surface area contributed by atoms with Crippen LogP contribution in [0.5, 0.6) is 0 Å². The van der Waals surface area contributed by atoms with Crippen LogP contribution in [0.1, 0.15) is 384 Å². The van der Waals surface area contributed by atoms with E-state index in [0.717, 1.165) is 5.52 Å². The van der Waals surface area contributed by atoms with E-state index in [1.807, 2.05) is 0 Å². The van der Waals surface area contributed by atoms with Crippen LogP contribution >= 0.6 is 38.5 Å². The Morgan fingerprint density at radius 2 is 0.536 bits per heavy atom. The molecule has 2 aliphatic carbocycles. The first-order valence-electron chi connectivity index (χ1n) is 36.6. The number of benzene rings is 3. The Bertz CT molecular complexity index is 2350. The topological polar surface area (TPSA) is 51.6 Å². The normalized spacial score (nSPS) is 13.9. The van der Waals surface area contributed by atoms with E-state index < -0.39 is 0 Å². The molecule has 2 aromatic heterocycles. The molecule has 7 rings (SSSR count). The van der Waals surface area contributed by atoms with E-state index in [9.17, 15) is 0 Å². The summed E-state index contributed by atoms with van der Waals surface area (Å²) in [5, 5.41) is 0. The number of hydrogen-bond acceptors (Lipinski definition) is 4. The average molecular weight is 1450 g/mol. The summed E-state index contributed by atoms with van der Waals surface area (Å²) in [5.41, 5.74) is 17.0. The molecule has 0 saturated carbocycles. The average Bonchev–Trinajstić information content (AvgIpc) is 1.54. The summed E-state index contributed by atoms with van der Waals surface area (Å²) in [6.45, 7) is 9.33. The van der Waals surface area contributed by atoms with E-state index in [0.29, 0.717) is 0 Å². The van der Waals surface area contributed by atoms with Gasteiger partial charge in [-0.25, -0.2) is 0 Å². The van der Waals surface area contributed by atoms with Gasteiger partial charge in [0.2, 0.25) is 0 Å². The molecular formula is C76H120BrIN4Se2. The first-order valence-corrected chi connectivity index (χ1v) is 41.5. The van der Waals surface area contributed by atoms with Crippen LogP contribution in [0.2, 0.25) is 0 Å². The molecule has 0 bridgehead atoms. The summed E-state index contributed by atoms with van der Waals surface area (Å²) in [6, 6.07) is 10.9. The molecule has 0 N–H and O–H groups in total. The molecule has 84 heavy (non-hydrogen) atoms. The van der Waals surface area contributed by atoms with Crippen LogP contribution in [0.15, 0.2) is 28.7 Å². The molecule has 0 unspecified atom stereocenters. The second kappa shape index (κ2) is 40.8. The summed E-state index contributed by atoms with van der Waals surface area (Å²) in [6.07, 6.45) is 71.6. The van der Waals surface area contributed by atoms with E-state index in [4.69, 9.17) is 15.9 Å². The number of unbranched alkanes of at least 4 members (excludes halogenated alkanes) is 44. The molecule has 4 nitrogen and oxygen atoms in total. The third-order valence-corrected chi connectivity index (χ3v) is 24.2. The van der Waals surface area contributed by atoms with Crippen molar-refractivity contribution in [2.45, 2.75) is 372 Å². The van der Waals surface area contributed by atoms with E-state index in [-0.39, 0.29) is 40.8 Å². The number of fused-ring (bicyclic) bond motifs is 10. The van der Waals surface area contributed by atoms with E-state index in [1.165, 1.54) is 381 Å². The Kier molecular flexibility index (Phi) is 34.2. The molecule has 3 aromatic carbocycles. The van der Waals surface area contributed by atoms with Crippen LogP contribution in [0, 0.1) is 3.57 Å². The fourth-order valence-corrected chi connectivity index (χ4v) is 19.8. The predicted octanol–water partition coefficient (Wildman–Crippen LogP) is 26.0. The Morgan fingerprint density at radius 1 is 0.298 bits per heavy atom. The van der Waals surface area contributed by atoms with Gasteiger partial charge < -0.3 is 0 Å². The summed E-state index contributed by atoms with van der Waals surface area (Å²) in [5.74, 6) is 0. The van der Waals surface area contributed by atoms with Gasteiger partial charge in [0.1, 0.15) is 0 Å². The minimum atomic E-state index is -0.111. The summed E-state index contributed by atoms with van der Waals surface area (Å²) >= 11 is 6.64. The first-order chi connectivity index (χ1) is 41.5. The number of hydrogen-bond donors (Lipinski definition) is 0. The zero-order valence-corrected chi connectivity index (χ0v) is 61.6. The van der Waals surface area contributed by atoms with Gasteiger partial charge in [-0.2, -0.15) is 0 Å². The van der Waals surface area contributed by atoms with Gasteiger partial charge in [0.15, 0.2) is 0 Å². The van der Waals surface area contributed by atoms with Crippen molar-refractivity contribution in [3.05, 3.63) is 54.6 Å². The van der Waals surface area contributed by atoms with Crippen LogP contribution in [0.4, 0.5) is 0 Å². The molecule has 0 saturated heterocycles. The molecule has 0 atom stereocenters. The van der Waals surface area contributed by atoms with Gasteiger partial charge in [-0.1, -0.05) is 182 Å². The second-order valence-corrected chi connectivity index (χ2v) is 31.4. The molecule has 0 radical (unpaired) electrons. The summed E-state index contributed by atoms with van der Waals surface area (Å²) < 4.78 is 23.7. The molecule has 0 fully saturated rings. The van der Waals surface area contributed by atoms with Gasteiger partial charge in [-0.15, -0.1) is 0 Å². The number of nitrogens with zero attached hydrogens (tertiary/aromatic N) is 4. The molecular weight excluding hydrogens is 1330 g/mol. The van der Waals surface area contributed by atoms with Crippen molar-refractivity contribution in [3.8, 4) is 22.3 Å². The monoisotopic (exact) mass is 1450 g/mol. The van der Waals surface area contributed by atoms with Gasteiger partial charge in [-0.05, 0) is 0 Å². The van der Waals surface area contributed by atoms with Crippen LogP contribution in [-0.4, -0.2) is 45.8 Å². The Hall–Kier alpha value is -0.891. The zero-order chi connectivity index (χ0) is 58.9. The number of rotatable bonds is 52. The molecule has 0 aliphatic heterocycles. The van der Waals surface area contributed by atoms with Crippen LogP contribution in [-0.2, 0) is 10.8 Å². The van der Waals surface area contributed by atoms with Crippen molar-refractivity contribution in [1.29, 1.82) is 0 Å². The van der Waals surface area contributed by atoms with Crippen LogP contribution in [0.25, 0.3) is 44.3 Å². The van der Waals surface area contributed by atoms with Crippen molar-refractivity contribution < 1.29 is 0 Å². The fraction of sp³-hybridized carbons (Fsp3) is 0.763. The van der Waals surface area contributed by atoms with Gasteiger partial charge in [0.05, 0.1) is 0 Å². The first kappa shape index (κ1) is 70.6. The van der Waals surface area contributed by atoms with Crippen molar-refractivity contribution in [1.82, 2.24) is 15.9 Å². The predicted molar refractivity (Wildman–Crippen MR) is 382 cm³/mol. The van der Waals surface area contributed by atoms with Gasteiger partial charge in [0.25, 0.3) is 0 Å². The third-order valence-electron chi connectivity index (χ3n) is 20.6. The minimum absolute atomic E-state index is 0.0306. The molecule has 2 heterocycles. The maximum atomic E-state index is 5.44. The third kappa shape index (κ3) is 20.6. The van der Waals surface area contributed by atoms with E-state index in [1.54, 1.807) is 22.3 Å². The standard InChI is InChI=1S/C76H120BrIN4Se2/c1-5-9-13-17-21-25-29-33-37-41-45-49-53-75(54-50-46-42-38-34-30-26-22-18-14-10-6-2)63-58-62-64(57-61(63)69-65(75)59-67(77)71-73(69)81-83-79-71)76(66-60-68(78)72-74(70(62)66)82-84-80-72,55-51-47-43-39-35-31-27-23-19-15-11-7-3)56-52-48-44-40-36-32-28-24-20-16-12-8-4/h57-60H,5-56H2,1-4H3. The van der Waals surface area contributed by atoms with E-state index in [2.05, 4.69) is 90.5 Å². The second-order valence-electron chi connectivity index (χ2n) is 27.1. The molecule has 8 heteroatoms. The van der Waals surface area contributed by atoms with Gasteiger partial charge in [-0.3, -0.25) is 0 Å². The SMILES string of the molecule is CCCCCCCCCCCCCCC1(CCCCCCCCCCCCCC)c2cc3c(cc2-c2c1cc(Br)c1n[se]nc21)C(CCCCCCCCCCCCCC)(CCCCCCCCCCCCCC)c1cc(I)c2n[se]nc2c1-3. The summed E-state index contributed by atoms with van der Waals surface area (Å²) in [7, 11) is 0. The van der Waals surface area contributed by atoms with Crippen molar-refractivity contribution in [3.63, 3.8) is 0 Å². The molecule has 2 aliphatic rings. The van der Waals surface area contributed by atoms with Crippen molar-refractivity contribution in [2.24, 2.45) is 0 Å². The number of aromatic nitrogens is 4. The molecule has 5 aromatic rings. The Labute approximate surface area is 550 Å². The molecule has 0 amide bonds. The number of halogens is 2. The van der Waals surface area contributed by atoms with Crippen molar-refractivity contribution in [2.75, 3.05) is 0 Å². The Morgan fingerprint density at radius 3 is 0.833 bits per heavy atom. The van der Waals surface area contributed by atoms with Gasteiger partial charge in [0, 0.05) is 0 Å². The quantitative estimate of drug-likeness (QED) is 0.0221. The summed E-state index contributed by atoms with van der Waals surface area (Å²) in [4.78, 5) is 0. The van der Waals surface area contributed by atoms with Crippen molar-refractivity contribution >= 4 is 90.5 Å². The van der Waals surface area contributed by atoms with E-state index >= 15 is 0 Å². The molecule has 0 spiro atoms. The van der Waals surface area contributed by atoms with Crippen LogP contribution < -0.4 is 0 Å². The maximum absolute atomic E-state index is 5.44. The van der Waals surface area contributed by atoms with Crippen LogP contribution in [0.3, 0.4) is 0 Å². The fourth-order valence-electron chi connectivity index (χ4n) is 15.6. The van der Waals surface area contributed by atoms with Gasteiger partial charge >= 0.3 is 374 Å². The zero-order valence-electron chi connectivity index (χ0n) is 54.4. The Balaban J connectivity index is 1.19.